The van der Waals surface area contributed by atoms with Gasteiger partial charge in [0.15, 0.2) is 0 Å². The molecular weight excluding hydrogens is 312 g/mol. The van der Waals surface area contributed by atoms with Crippen molar-refractivity contribution in [1.82, 2.24) is 9.62 Å². The van der Waals surface area contributed by atoms with Gasteiger partial charge in [0.1, 0.15) is 0 Å². The molecule has 0 saturated carbocycles. The predicted octanol–water partition coefficient (Wildman–Crippen LogP) is 2.62. The summed E-state index contributed by atoms with van der Waals surface area (Å²) in [6, 6.07) is 1.80. The van der Waals surface area contributed by atoms with Crippen molar-refractivity contribution in [3.63, 3.8) is 0 Å². The maximum absolute atomic E-state index is 12.5. The van der Waals surface area contributed by atoms with Gasteiger partial charge in [-0.15, -0.1) is 11.3 Å². The van der Waals surface area contributed by atoms with E-state index in [9.17, 15) is 8.42 Å². The third-order valence-electron chi connectivity index (χ3n) is 3.22. The Kier molecular flexibility index (Phi) is 7.53. The summed E-state index contributed by atoms with van der Waals surface area (Å²) in [5.74, 6) is 0.969. The van der Waals surface area contributed by atoms with Crippen LogP contribution < -0.4 is 5.32 Å². The summed E-state index contributed by atoms with van der Waals surface area (Å²) in [5.41, 5.74) is 0. The zero-order valence-corrected chi connectivity index (χ0v) is 15.0. The number of nitrogens with zero attached hydrogens (tertiary/aromatic N) is 1. The minimum Gasteiger partial charge on any atom is -0.312 e. The van der Waals surface area contributed by atoms with Crippen molar-refractivity contribution in [2.24, 2.45) is 0 Å². The quantitative estimate of drug-likeness (QED) is 0.753. The van der Waals surface area contributed by atoms with Crippen molar-refractivity contribution in [2.75, 3.05) is 25.6 Å². The number of thioether (sulfide) groups is 1. The molecule has 0 bridgehead atoms. The molecular formula is C13H24N2O2S3. The second-order valence-electron chi connectivity index (χ2n) is 4.68. The van der Waals surface area contributed by atoms with E-state index in [0.717, 1.165) is 30.1 Å². The van der Waals surface area contributed by atoms with E-state index in [-0.39, 0.29) is 6.04 Å². The first-order valence-corrected chi connectivity index (χ1v) is 10.4. The third-order valence-corrected chi connectivity index (χ3v) is 6.90. The molecule has 4 nitrogen and oxygen atoms in total. The Hall–Kier alpha value is -0.0800. The van der Waals surface area contributed by atoms with Gasteiger partial charge in [0.2, 0.25) is 10.0 Å². The molecule has 1 N–H and O–H groups in total. The molecule has 0 aliphatic carbocycles. The van der Waals surface area contributed by atoms with Crippen molar-refractivity contribution in [3.05, 3.63) is 16.3 Å². The normalized spacial score (nSPS) is 13.8. The van der Waals surface area contributed by atoms with Crippen LogP contribution in [0.1, 0.15) is 25.1 Å². The molecule has 1 aromatic heterocycles. The van der Waals surface area contributed by atoms with Gasteiger partial charge in [0.25, 0.3) is 0 Å². The first-order valence-electron chi connectivity index (χ1n) is 6.68. The van der Waals surface area contributed by atoms with Crippen LogP contribution in [-0.2, 0) is 16.6 Å². The maximum Gasteiger partial charge on any atom is 0.243 e. The molecule has 0 amide bonds. The highest BCUT2D eigenvalue weighted by Gasteiger charge is 2.26. The van der Waals surface area contributed by atoms with Crippen molar-refractivity contribution >= 4 is 33.1 Å². The molecule has 1 rings (SSSR count). The minimum absolute atomic E-state index is 0.0181. The summed E-state index contributed by atoms with van der Waals surface area (Å²) in [4.78, 5) is 1.46. The van der Waals surface area contributed by atoms with Crippen molar-refractivity contribution < 1.29 is 8.42 Å². The second kappa shape index (κ2) is 8.38. The van der Waals surface area contributed by atoms with Crippen LogP contribution in [0.15, 0.2) is 16.3 Å². The summed E-state index contributed by atoms with van der Waals surface area (Å²) < 4.78 is 26.5. The molecule has 1 atom stereocenters. The zero-order valence-electron chi connectivity index (χ0n) is 12.5. The minimum atomic E-state index is -3.37. The fourth-order valence-corrected chi connectivity index (χ4v) is 4.91. The van der Waals surface area contributed by atoms with Gasteiger partial charge in [-0.2, -0.15) is 16.1 Å². The van der Waals surface area contributed by atoms with E-state index in [1.807, 2.05) is 20.1 Å². The SMILES string of the molecule is CCNCc1cc(S(=O)(=O)N(C)C(C)CCSC)cs1. The van der Waals surface area contributed by atoms with Gasteiger partial charge in [-0.25, -0.2) is 8.42 Å². The van der Waals surface area contributed by atoms with Gasteiger partial charge in [-0.1, -0.05) is 6.92 Å². The lowest BCUT2D eigenvalue weighted by Crippen LogP contribution is -2.35. The summed E-state index contributed by atoms with van der Waals surface area (Å²) >= 11 is 3.23. The van der Waals surface area contributed by atoms with Gasteiger partial charge in [0, 0.05) is 29.9 Å². The molecule has 0 radical (unpaired) electrons. The Morgan fingerprint density at radius 3 is 2.80 bits per heavy atom. The smallest absolute Gasteiger partial charge is 0.243 e. The molecule has 1 heterocycles. The molecule has 1 unspecified atom stereocenters. The average Bonchev–Trinajstić information content (AvgIpc) is 2.91. The Bertz CT molecular complexity index is 499. The van der Waals surface area contributed by atoms with E-state index in [1.165, 1.54) is 15.6 Å². The molecule has 1 aromatic rings. The summed E-state index contributed by atoms with van der Waals surface area (Å²) in [7, 11) is -1.70. The second-order valence-corrected chi connectivity index (χ2v) is 8.66. The molecule has 0 spiro atoms. The van der Waals surface area contributed by atoms with Gasteiger partial charge < -0.3 is 5.32 Å². The topological polar surface area (TPSA) is 49.4 Å². The Morgan fingerprint density at radius 2 is 2.20 bits per heavy atom. The van der Waals surface area contributed by atoms with Gasteiger partial charge in [0.05, 0.1) is 4.90 Å². The lowest BCUT2D eigenvalue weighted by molar-refractivity contribution is 0.382. The highest BCUT2D eigenvalue weighted by atomic mass is 32.2. The first kappa shape index (κ1) is 18.0. The Labute approximate surface area is 131 Å². The van der Waals surface area contributed by atoms with E-state index in [1.54, 1.807) is 30.3 Å². The zero-order chi connectivity index (χ0) is 15.2. The molecule has 20 heavy (non-hydrogen) atoms. The molecule has 0 aromatic carbocycles. The van der Waals surface area contributed by atoms with Crippen LogP contribution in [0.5, 0.6) is 0 Å². The third kappa shape index (κ3) is 4.73. The molecule has 0 saturated heterocycles. The monoisotopic (exact) mass is 336 g/mol. The van der Waals surface area contributed by atoms with Gasteiger partial charge in [-0.05, 0) is 38.0 Å². The average molecular weight is 337 g/mol. The highest BCUT2D eigenvalue weighted by Crippen LogP contribution is 2.24. The number of rotatable bonds is 9. The first-order chi connectivity index (χ1) is 9.43. The standard InChI is InChI=1S/C13H24N2O2S3/c1-5-14-9-12-8-13(10-19-12)20(16,17)15(3)11(2)6-7-18-4/h8,10-11,14H,5-7,9H2,1-4H3. The number of nitrogens with one attached hydrogen (secondary N) is 1. The number of hydrogen-bond acceptors (Lipinski definition) is 5. The lowest BCUT2D eigenvalue weighted by atomic mass is 10.3. The van der Waals surface area contributed by atoms with Crippen molar-refractivity contribution in [2.45, 2.75) is 37.8 Å². The van der Waals surface area contributed by atoms with Crippen molar-refractivity contribution in [1.29, 1.82) is 0 Å². The fraction of sp³-hybridized carbons (Fsp3) is 0.692. The highest BCUT2D eigenvalue weighted by molar-refractivity contribution is 7.98. The van der Waals surface area contributed by atoms with Crippen LogP contribution in [0, 0.1) is 0 Å². The molecule has 7 heteroatoms. The lowest BCUT2D eigenvalue weighted by Gasteiger charge is -2.23. The summed E-state index contributed by atoms with van der Waals surface area (Å²) in [5, 5.41) is 4.94. The fourth-order valence-electron chi connectivity index (χ4n) is 1.71. The molecule has 0 aliphatic rings. The van der Waals surface area contributed by atoms with Crippen LogP contribution in [0.3, 0.4) is 0 Å². The summed E-state index contributed by atoms with van der Waals surface area (Å²) in [6.07, 6.45) is 2.90. The molecule has 116 valence electrons. The van der Waals surface area contributed by atoms with E-state index in [2.05, 4.69) is 5.32 Å². The molecule has 0 aliphatic heterocycles. The maximum atomic E-state index is 12.5. The van der Waals surface area contributed by atoms with Crippen LogP contribution in [-0.4, -0.2) is 44.4 Å². The number of sulfonamides is 1. The van der Waals surface area contributed by atoms with Crippen molar-refractivity contribution in [3.8, 4) is 0 Å². The Balaban J connectivity index is 2.79. The van der Waals surface area contributed by atoms with E-state index < -0.39 is 10.0 Å². The number of hydrogen-bond donors (Lipinski definition) is 1. The van der Waals surface area contributed by atoms with E-state index in [0.29, 0.717) is 4.90 Å². The number of thiophene rings is 1. The van der Waals surface area contributed by atoms with Crippen LogP contribution in [0.2, 0.25) is 0 Å². The predicted molar refractivity (Wildman–Crippen MR) is 89.1 cm³/mol. The van der Waals surface area contributed by atoms with Gasteiger partial charge >= 0.3 is 0 Å². The van der Waals surface area contributed by atoms with E-state index >= 15 is 0 Å². The molecule has 0 fully saturated rings. The largest absolute Gasteiger partial charge is 0.312 e. The van der Waals surface area contributed by atoms with Gasteiger partial charge in [-0.3, -0.25) is 0 Å². The van der Waals surface area contributed by atoms with Crippen LogP contribution in [0.4, 0.5) is 0 Å². The van der Waals surface area contributed by atoms with E-state index in [4.69, 9.17) is 0 Å². The van der Waals surface area contributed by atoms with Crippen LogP contribution in [0.25, 0.3) is 0 Å². The van der Waals surface area contributed by atoms with Crippen LogP contribution >= 0.6 is 23.1 Å². The summed E-state index contributed by atoms with van der Waals surface area (Å²) in [6.45, 7) is 5.60. The Morgan fingerprint density at radius 1 is 1.50 bits per heavy atom.